The van der Waals surface area contributed by atoms with Crippen LogP contribution in [0.5, 0.6) is 0 Å². The first-order valence-electron chi connectivity index (χ1n) is 22.1. The standard InChI is InChI=1S/C60H39N5/c1-3-18-40(19-4-1)58-62-59(41-20-5-2-6-21-41)64-60(63-58)50-26-12-11-24-46(50)48-27-15-28-49-52-36-51-47-25-13-14-29-54(47)61-56(44-31-30-38-16-7-9-22-42(38)34-44)53(51)37-55(52)65(57(48)49)45-33-32-39-17-8-10-23-43(39)35-45/h1-37,58H,(H,62,63,64). The number of aliphatic imine (C=N–C) groups is 2. The van der Waals surface area contributed by atoms with Gasteiger partial charge in [-0.1, -0.05) is 188 Å². The number of benzene rings is 10. The minimum atomic E-state index is -0.320. The number of rotatable bonds is 6. The Labute approximate surface area is 375 Å². The van der Waals surface area contributed by atoms with Crippen molar-refractivity contribution in [2.45, 2.75) is 6.17 Å². The number of fused-ring (bicyclic) bond motifs is 8. The van der Waals surface area contributed by atoms with Crippen LogP contribution in [0.15, 0.2) is 234 Å². The summed E-state index contributed by atoms with van der Waals surface area (Å²) in [6.07, 6.45) is -0.320. The third kappa shape index (κ3) is 6.20. The molecule has 1 aliphatic rings. The molecule has 1 atom stereocenters. The van der Waals surface area contributed by atoms with E-state index in [0.717, 1.165) is 77.9 Å². The van der Waals surface area contributed by atoms with E-state index in [9.17, 15) is 0 Å². The first-order valence-corrected chi connectivity index (χ1v) is 22.1. The normalized spacial score (nSPS) is 14.0. The summed E-state index contributed by atoms with van der Waals surface area (Å²) < 4.78 is 2.47. The Morgan fingerprint density at radius 3 is 1.88 bits per heavy atom. The lowest BCUT2D eigenvalue weighted by atomic mass is 9.95. The number of hydrogen-bond acceptors (Lipinski definition) is 4. The SMILES string of the molecule is c1ccc(C2=NC(c3ccccc3-c3cccc4c5cc6c(cc5n(-c5ccc7ccccc7c5)c34)c(-c3ccc4ccccc4c3)nc3ccccc36)=NC(c3ccccc3)N2)cc1. The number of para-hydroxylation sites is 2. The smallest absolute Gasteiger partial charge is 0.160 e. The zero-order valence-corrected chi connectivity index (χ0v) is 35.2. The third-order valence-electron chi connectivity index (χ3n) is 13.0. The van der Waals surface area contributed by atoms with Crippen LogP contribution in [0.3, 0.4) is 0 Å². The minimum Gasteiger partial charge on any atom is -0.344 e. The Morgan fingerprint density at radius 2 is 1.06 bits per heavy atom. The zero-order valence-electron chi connectivity index (χ0n) is 35.2. The fourth-order valence-electron chi connectivity index (χ4n) is 9.90. The summed E-state index contributed by atoms with van der Waals surface area (Å²) in [5.41, 5.74) is 11.5. The highest BCUT2D eigenvalue weighted by atomic mass is 15.2. The van der Waals surface area contributed by atoms with E-state index in [1.54, 1.807) is 0 Å². The lowest BCUT2D eigenvalue weighted by Crippen LogP contribution is -2.33. The van der Waals surface area contributed by atoms with E-state index in [4.69, 9.17) is 15.0 Å². The van der Waals surface area contributed by atoms with Crippen molar-refractivity contribution >= 4 is 76.7 Å². The van der Waals surface area contributed by atoms with Gasteiger partial charge in [0.15, 0.2) is 5.84 Å². The summed E-state index contributed by atoms with van der Waals surface area (Å²) in [4.78, 5) is 16.1. The Kier molecular flexibility index (Phi) is 8.53. The first kappa shape index (κ1) is 36.9. The topological polar surface area (TPSA) is 54.6 Å². The number of pyridine rings is 1. The quantitative estimate of drug-likeness (QED) is 0.170. The molecule has 1 aliphatic heterocycles. The van der Waals surface area contributed by atoms with Gasteiger partial charge in [-0.2, -0.15) is 0 Å². The van der Waals surface area contributed by atoms with Gasteiger partial charge in [-0.05, 0) is 74.5 Å². The molecule has 1 N–H and O–H groups in total. The van der Waals surface area contributed by atoms with Crippen molar-refractivity contribution in [1.82, 2.24) is 14.9 Å². The molecular weight excluding hydrogens is 791 g/mol. The van der Waals surface area contributed by atoms with E-state index in [1.165, 1.54) is 37.7 Å². The molecule has 1 unspecified atom stereocenters. The second-order valence-corrected chi connectivity index (χ2v) is 16.8. The number of aromatic nitrogens is 2. The van der Waals surface area contributed by atoms with Gasteiger partial charge in [0.05, 0.1) is 22.2 Å². The first-order chi connectivity index (χ1) is 32.2. The Balaban J connectivity index is 1.11. The highest BCUT2D eigenvalue weighted by Gasteiger charge is 2.25. The monoisotopic (exact) mass is 829 g/mol. The highest BCUT2D eigenvalue weighted by molar-refractivity contribution is 6.23. The summed E-state index contributed by atoms with van der Waals surface area (Å²) in [6.45, 7) is 0. The summed E-state index contributed by atoms with van der Waals surface area (Å²) >= 11 is 0. The van der Waals surface area contributed by atoms with Gasteiger partial charge in [0.25, 0.3) is 0 Å². The molecule has 5 nitrogen and oxygen atoms in total. The Hall–Kier alpha value is -8.67. The number of nitrogens with one attached hydrogen (secondary N) is 1. The van der Waals surface area contributed by atoms with Crippen molar-refractivity contribution in [2.75, 3.05) is 0 Å². The van der Waals surface area contributed by atoms with E-state index >= 15 is 0 Å². The van der Waals surface area contributed by atoms with Crippen molar-refractivity contribution in [3.8, 4) is 28.1 Å². The molecule has 0 aliphatic carbocycles. The second kappa shape index (κ2) is 15.0. The summed E-state index contributed by atoms with van der Waals surface area (Å²) in [6, 6.07) is 80.1. The van der Waals surface area contributed by atoms with Gasteiger partial charge < -0.3 is 9.88 Å². The van der Waals surface area contributed by atoms with Gasteiger partial charge in [-0.3, -0.25) is 0 Å². The molecule has 0 spiro atoms. The average Bonchev–Trinajstić information content (AvgIpc) is 3.71. The van der Waals surface area contributed by atoms with E-state index in [0.29, 0.717) is 5.84 Å². The summed E-state index contributed by atoms with van der Waals surface area (Å²) in [5, 5.41) is 14.2. The molecule has 0 saturated heterocycles. The molecule has 65 heavy (non-hydrogen) atoms. The molecule has 3 heterocycles. The molecule has 304 valence electrons. The maximum absolute atomic E-state index is 5.43. The fourth-order valence-corrected chi connectivity index (χ4v) is 9.90. The third-order valence-corrected chi connectivity index (χ3v) is 13.0. The van der Waals surface area contributed by atoms with Crippen LogP contribution >= 0.6 is 0 Å². The van der Waals surface area contributed by atoms with Crippen LogP contribution in [0.4, 0.5) is 0 Å². The summed E-state index contributed by atoms with van der Waals surface area (Å²) in [5.74, 6) is 1.47. The van der Waals surface area contributed by atoms with Gasteiger partial charge in [0, 0.05) is 49.5 Å². The van der Waals surface area contributed by atoms with Gasteiger partial charge in [0.1, 0.15) is 12.0 Å². The van der Waals surface area contributed by atoms with Crippen molar-refractivity contribution < 1.29 is 0 Å². The maximum Gasteiger partial charge on any atom is 0.160 e. The summed E-state index contributed by atoms with van der Waals surface area (Å²) in [7, 11) is 0. The molecule has 0 amide bonds. The number of nitrogens with zero attached hydrogens (tertiary/aromatic N) is 4. The van der Waals surface area contributed by atoms with Crippen molar-refractivity contribution in [1.29, 1.82) is 0 Å². The molecule has 5 heteroatoms. The molecule has 0 bridgehead atoms. The van der Waals surface area contributed by atoms with Gasteiger partial charge in [-0.25, -0.2) is 15.0 Å². The van der Waals surface area contributed by atoms with Gasteiger partial charge in [0.2, 0.25) is 0 Å². The minimum absolute atomic E-state index is 0.320. The van der Waals surface area contributed by atoms with Crippen LogP contribution in [0.25, 0.3) is 93.1 Å². The lowest BCUT2D eigenvalue weighted by molar-refractivity contribution is 0.674. The maximum atomic E-state index is 5.43. The molecule has 0 fully saturated rings. The van der Waals surface area contributed by atoms with Gasteiger partial charge in [-0.15, -0.1) is 0 Å². The lowest BCUT2D eigenvalue weighted by Gasteiger charge is -2.24. The highest BCUT2D eigenvalue weighted by Crippen LogP contribution is 2.44. The van der Waals surface area contributed by atoms with Crippen LogP contribution in [-0.4, -0.2) is 21.2 Å². The second-order valence-electron chi connectivity index (χ2n) is 16.8. The van der Waals surface area contributed by atoms with Crippen molar-refractivity contribution in [2.24, 2.45) is 9.98 Å². The van der Waals surface area contributed by atoms with Gasteiger partial charge >= 0.3 is 0 Å². The molecular formula is C60H39N5. The zero-order chi connectivity index (χ0) is 42.8. The van der Waals surface area contributed by atoms with E-state index < -0.39 is 0 Å². The predicted octanol–water partition coefficient (Wildman–Crippen LogP) is 14.6. The molecule has 10 aromatic carbocycles. The van der Waals surface area contributed by atoms with E-state index in [1.807, 2.05) is 12.1 Å². The van der Waals surface area contributed by atoms with Crippen molar-refractivity contribution in [3.05, 3.63) is 241 Å². The molecule has 2 aromatic heterocycles. The van der Waals surface area contributed by atoms with Crippen LogP contribution < -0.4 is 5.32 Å². The van der Waals surface area contributed by atoms with Crippen LogP contribution in [0.1, 0.15) is 22.9 Å². The number of amidine groups is 2. The van der Waals surface area contributed by atoms with Crippen LogP contribution in [0.2, 0.25) is 0 Å². The van der Waals surface area contributed by atoms with Crippen LogP contribution in [0, 0.1) is 0 Å². The largest absolute Gasteiger partial charge is 0.344 e. The van der Waals surface area contributed by atoms with E-state index in [2.05, 4.69) is 222 Å². The Bertz CT molecular complexity index is 3920. The van der Waals surface area contributed by atoms with E-state index in [-0.39, 0.29) is 6.17 Å². The number of hydrogen-bond donors (Lipinski definition) is 1. The van der Waals surface area contributed by atoms with Crippen molar-refractivity contribution in [3.63, 3.8) is 0 Å². The van der Waals surface area contributed by atoms with Crippen LogP contribution in [-0.2, 0) is 0 Å². The fraction of sp³-hybridized carbons (Fsp3) is 0.0167. The predicted molar refractivity (Wildman–Crippen MR) is 271 cm³/mol. The Morgan fingerprint density at radius 1 is 0.415 bits per heavy atom. The molecule has 0 radical (unpaired) electrons. The molecule has 12 aromatic rings. The molecule has 0 saturated carbocycles. The average molecular weight is 830 g/mol. The molecule has 13 rings (SSSR count).